The summed E-state index contributed by atoms with van der Waals surface area (Å²) in [5.74, 6) is -1.71. The molecule has 1 amide bonds. The van der Waals surface area contributed by atoms with Crippen LogP contribution in [0.25, 0.3) is 0 Å². The molecular weight excluding hydrogens is 262 g/mol. The van der Waals surface area contributed by atoms with Gasteiger partial charge in [-0.3, -0.25) is 4.79 Å². The molecule has 0 aromatic heterocycles. The van der Waals surface area contributed by atoms with E-state index >= 15 is 0 Å². The Labute approximate surface area is 116 Å². The van der Waals surface area contributed by atoms with Gasteiger partial charge in [-0.05, 0) is 12.5 Å². The molecule has 1 atom stereocenters. The minimum Gasteiger partial charge on any atom is -0.481 e. The van der Waals surface area contributed by atoms with Crippen molar-refractivity contribution in [3.63, 3.8) is 0 Å². The van der Waals surface area contributed by atoms with Crippen LogP contribution in [0.2, 0.25) is 0 Å². The van der Waals surface area contributed by atoms with Crippen LogP contribution in [0.3, 0.4) is 0 Å². The van der Waals surface area contributed by atoms with Crippen molar-refractivity contribution < 1.29 is 24.2 Å². The molecule has 2 N–H and O–H groups in total. The SMILES string of the molecule is CC(C(=O)O)C1(NC(=O)OCc2ccccc2)COC1. The van der Waals surface area contributed by atoms with Crippen LogP contribution in [0, 0.1) is 5.92 Å². The second kappa shape index (κ2) is 5.92. The van der Waals surface area contributed by atoms with Gasteiger partial charge in [0.15, 0.2) is 0 Å². The van der Waals surface area contributed by atoms with Crippen molar-refractivity contribution in [2.24, 2.45) is 5.92 Å². The zero-order valence-electron chi connectivity index (χ0n) is 11.2. The fourth-order valence-corrected chi connectivity index (χ4v) is 1.95. The first kappa shape index (κ1) is 14.3. The monoisotopic (exact) mass is 279 g/mol. The Balaban J connectivity index is 1.88. The predicted octanol–water partition coefficient (Wildman–Crippen LogP) is 1.40. The first-order valence-corrected chi connectivity index (χ1v) is 6.33. The van der Waals surface area contributed by atoms with Crippen molar-refractivity contribution >= 4 is 12.1 Å². The zero-order chi connectivity index (χ0) is 14.6. The first-order chi connectivity index (χ1) is 9.53. The Morgan fingerprint density at radius 3 is 2.55 bits per heavy atom. The maximum Gasteiger partial charge on any atom is 0.408 e. The second-order valence-electron chi connectivity index (χ2n) is 4.90. The summed E-state index contributed by atoms with van der Waals surface area (Å²) in [4.78, 5) is 22.8. The molecule has 0 radical (unpaired) electrons. The number of nitrogens with one attached hydrogen (secondary N) is 1. The summed E-state index contributed by atoms with van der Waals surface area (Å²) in [5.41, 5.74) is -0.00702. The van der Waals surface area contributed by atoms with Crippen LogP contribution in [0.4, 0.5) is 4.79 Å². The molecule has 1 heterocycles. The molecule has 6 nitrogen and oxygen atoms in total. The molecule has 1 aromatic rings. The van der Waals surface area contributed by atoms with Crippen LogP contribution in [0.15, 0.2) is 30.3 Å². The summed E-state index contributed by atoms with van der Waals surface area (Å²) in [6, 6.07) is 9.26. The highest BCUT2D eigenvalue weighted by molar-refractivity contribution is 5.75. The van der Waals surface area contributed by atoms with Crippen molar-refractivity contribution in [1.29, 1.82) is 0 Å². The molecule has 1 aromatic carbocycles. The van der Waals surface area contributed by atoms with Crippen molar-refractivity contribution in [2.45, 2.75) is 19.1 Å². The van der Waals surface area contributed by atoms with Gasteiger partial charge in [-0.1, -0.05) is 30.3 Å². The Kier molecular flexibility index (Phi) is 4.24. The van der Waals surface area contributed by atoms with E-state index in [1.54, 1.807) is 6.92 Å². The lowest BCUT2D eigenvalue weighted by atomic mass is 9.83. The minimum absolute atomic E-state index is 0.144. The van der Waals surface area contributed by atoms with Gasteiger partial charge in [0, 0.05) is 0 Å². The van der Waals surface area contributed by atoms with Gasteiger partial charge in [0.05, 0.1) is 19.1 Å². The van der Waals surface area contributed by atoms with E-state index in [2.05, 4.69) is 5.32 Å². The van der Waals surface area contributed by atoms with E-state index in [4.69, 9.17) is 14.6 Å². The molecular formula is C14H17NO5. The van der Waals surface area contributed by atoms with Crippen molar-refractivity contribution in [3.8, 4) is 0 Å². The number of rotatable bonds is 5. The molecule has 1 saturated heterocycles. The summed E-state index contributed by atoms with van der Waals surface area (Å²) >= 11 is 0. The molecule has 108 valence electrons. The average molecular weight is 279 g/mol. The fraction of sp³-hybridized carbons (Fsp3) is 0.429. The number of aliphatic carboxylic acids is 1. The normalized spacial score (nSPS) is 17.6. The Morgan fingerprint density at radius 2 is 2.05 bits per heavy atom. The maximum atomic E-state index is 11.8. The molecule has 20 heavy (non-hydrogen) atoms. The number of carbonyl (C=O) groups excluding carboxylic acids is 1. The molecule has 1 fully saturated rings. The standard InChI is InChI=1S/C14H17NO5/c1-10(12(16)17)14(8-19-9-14)15-13(18)20-7-11-5-3-2-4-6-11/h2-6,10H,7-9H2,1H3,(H,15,18)(H,16,17). The summed E-state index contributed by atoms with van der Waals surface area (Å²) in [5, 5.41) is 11.7. The van der Waals surface area contributed by atoms with E-state index in [1.165, 1.54) is 0 Å². The smallest absolute Gasteiger partial charge is 0.408 e. The predicted molar refractivity (Wildman–Crippen MR) is 70.1 cm³/mol. The van der Waals surface area contributed by atoms with Crippen molar-refractivity contribution in [2.75, 3.05) is 13.2 Å². The zero-order valence-corrected chi connectivity index (χ0v) is 11.2. The molecule has 1 aliphatic rings. The maximum absolute atomic E-state index is 11.8. The van der Waals surface area contributed by atoms with Crippen molar-refractivity contribution in [3.05, 3.63) is 35.9 Å². The van der Waals surface area contributed by atoms with Crippen LogP contribution >= 0.6 is 0 Å². The largest absolute Gasteiger partial charge is 0.481 e. The highest BCUT2D eigenvalue weighted by atomic mass is 16.6. The number of hydrogen-bond donors (Lipinski definition) is 2. The third-order valence-electron chi connectivity index (χ3n) is 3.48. The summed E-state index contributed by atoms with van der Waals surface area (Å²) in [6.07, 6.45) is -0.634. The van der Waals surface area contributed by atoms with E-state index < -0.39 is 23.5 Å². The molecule has 2 rings (SSSR count). The Morgan fingerprint density at radius 1 is 1.40 bits per heavy atom. The van der Waals surface area contributed by atoms with Crippen LogP contribution < -0.4 is 5.32 Å². The third-order valence-corrected chi connectivity index (χ3v) is 3.48. The van der Waals surface area contributed by atoms with Gasteiger partial charge in [0.1, 0.15) is 12.1 Å². The lowest BCUT2D eigenvalue weighted by Crippen LogP contribution is -2.67. The van der Waals surface area contributed by atoms with Crippen LogP contribution in [-0.2, 0) is 20.9 Å². The lowest BCUT2D eigenvalue weighted by molar-refractivity contribution is -0.156. The highest BCUT2D eigenvalue weighted by Gasteiger charge is 2.48. The summed E-state index contributed by atoms with van der Waals surface area (Å²) < 4.78 is 10.1. The number of alkyl carbamates (subject to hydrolysis) is 1. The topological polar surface area (TPSA) is 84.9 Å². The van der Waals surface area contributed by atoms with Gasteiger partial charge in [-0.2, -0.15) is 0 Å². The van der Waals surface area contributed by atoms with E-state index in [0.29, 0.717) is 0 Å². The Bertz CT molecular complexity index is 484. The molecule has 0 bridgehead atoms. The molecule has 0 saturated carbocycles. The van der Waals surface area contributed by atoms with Crippen molar-refractivity contribution in [1.82, 2.24) is 5.32 Å². The molecule has 6 heteroatoms. The quantitative estimate of drug-likeness (QED) is 0.851. The van der Waals surface area contributed by atoms with Crippen LogP contribution in [0.5, 0.6) is 0 Å². The van der Waals surface area contributed by atoms with Gasteiger partial charge in [0.2, 0.25) is 0 Å². The summed E-state index contributed by atoms with van der Waals surface area (Å²) in [6.45, 7) is 2.05. The van der Waals surface area contributed by atoms with Gasteiger partial charge in [-0.25, -0.2) is 4.79 Å². The number of carbonyl (C=O) groups is 2. The van der Waals surface area contributed by atoms with Gasteiger partial charge >= 0.3 is 12.1 Å². The number of hydrogen-bond acceptors (Lipinski definition) is 4. The van der Waals surface area contributed by atoms with E-state index in [-0.39, 0.29) is 19.8 Å². The molecule has 0 spiro atoms. The van der Waals surface area contributed by atoms with Gasteiger partial charge < -0.3 is 19.9 Å². The van der Waals surface area contributed by atoms with Gasteiger partial charge in [-0.15, -0.1) is 0 Å². The van der Waals surface area contributed by atoms with E-state index in [9.17, 15) is 9.59 Å². The lowest BCUT2D eigenvalue weighted by Gasteiger charge is -2.44. The number of carboxylic acids is 1. The molecule has 1 aliphatic heterocycles. The van der Waals surface area contributed by atoms with Gasteiger partial charge in [0.25, 0.3) is 0 Å². The highest BCUT2D eigenvalue weighted by Crippen LogP contribution is 2.26. The molecule has 0 aliphatic carbocycles. The second-order valence-corrected chi connectivity index (χ2v) is 4.90. The number of ether oxygens (including phenoxy) is 2. The average Bonchev–Trinajstić information content (AvgIpc) is 2.41. The Hall–Kier alpha value is -2.08. The van der Waals surface area contributed by atoms with E-state index in [1.807, 2.05) is 30.3 Å². The number of carboxylic acid groups (broad SMARTS) is 1. The van der Waals surface area contributed by atoms with E-state index in [0.717, 1.165) is 5.56 Å². The number of benzene rings is 1. The number of amides is 1. The fourth-order valence-electron chi connectivity index (χ4n) is 1.95. The van der Waals surface area contributed by atoms with Crippen LogP contribution in [0.1, 0.15) is 12.5 Å². The summed E-state index contributed by atoms with van der Waals surface area (Å²) in [7, 11) is 0. The van der Waals surface area contributed by atoms with Crippen LogP contribution in [-0.4, -0.2) is 35.9 Å². The molecule has 1 unspecified atom stereocenters. The minimum atomic E-state index is -0.975. The first-order valence-electron chi connectivity index (χ1n) is 6.33. The third kappa shape index (κ3) is 3.08.